The molecule has 0 aromatic heterocycles. The summed E-state index contributed by atoms with van der Waals surface area (Å²) in [5.74, 6) is 1.90. The fourth-order valence-corrected chi connectivity index (χ4v) is 2.19. The molecule has 1 N–H and O–H groups in total. The summed E-state index contributed by atoms with van der Waals surface area (Å²) in [6, 6.07) is 0. The summed E-state index contributed by atoms with van der Waals surface area (Å²) in [7, 11) is 2.05. The molecule has 1 fully saturated rings. The molecule has 0 heterocycles. The van der Waals surface area contributed by atoms with E-state index in [0.29, 0.717) is 0 Å². The number of hydrogen-bond acceptors (Lipinski definition) is 1. The molecule has 0 bridgehead atoms. The van der Waals surface area contributed by atoms with Crippen LogP contribution in [-0.4, -0.2) is 13.6 Å². The Kier molecular flexibility index (Phi) is 3.92. The predicted molar refractivity (Wildman–Crippen MR) is 49.7 cm³/mol. The number of nitrogens with one attached hydrogen (secondary N) is 1. The third-order valence-corrected chi connectivity index (χ3v) is 2.98. The van der Waals surface area contributed by atoms with Crippen molar-refractivity contribution in [3.63, 3.8) is 0 Å². The zero-order valence-corrected chi connectivity index (χ0v) is 7.90. The average Bonchev–Trinajstić information content (AvgIpc) is 2.07. The van der Waals surface area contributed by atoms with Crippen molar-refractivity contribution >= 4 is 0 Å². The van der Waals surface area contributed by atoms with Gasteiger partial charge in [0, 0.05) is 0 Å². The van der Waals surface area contributed by atoms with Gasteiger partial charge in [-0.25, -0.2) is 0 Å². The first kappa shape index (κ1) is 9.05. The first-order chi connectivity index (χ1) is 5.34. The van der Waals surface area contributed by atoms with Gasteiger partial charge in [0.15, 0.2) is 0 Å². The molecule has 1 atom stereocenters. The van der Waals surface area contributed by atoms with Crippen LogP contribution in [0.2, 0.25) is 0 Å². The van der Waals surface area contributed by atoms with Crippen molar-refractivity contribution in [3.05, 3.63) is 0 Å². The molecule has 1 heteroatoms. The lowest BCUT2D eigenvalue weighted by atomic mass is 9.81. The molecule has 0 spiro atoms. The van der Waals surface area contributed by atoms with Gasteiger partial charge in [-0.2, -0.15) is 0 Å². The maximum absolute atomic E-state index is 3.26. The van der Waals surface area contributed by atoms with Crippen molar-refractivity contribution in [3.8, 4) is 0 Å². The van der Waals surface area contributed by atoms with E-state index >= 15 is 0 Å². The Bertz CT molecular complexity index is 95.0. The maximum atomic E-state index is 3.26. The van der Waals surface area contributed by atoms with Crippen molar-refractivity contribution in [1.82, 2.24) is 5.32 Å². The lowest BCUT2D eigenvalue weighted by Gasteiger charge is -2.27. The van der Waals surface area contributed by atoms with Gasteiger partial charge in [0.2, 0.25) is 0 Å². The fraction of sp³-hybridized carbons (Fsp3) is 1.00. The molecule has 0 amide bonds. The molecule has 0 aliphatic heterocycles. The lowest BCUT2D eigenvalue weighted by molar-refractivity contribution is 0.260. The predicted octanol–water partition coefficient (Wildman–Crippen LogP) is 2.42. The van der Waals surface area contributed by atoms with E-state index in [4.69, 9.17) is 0 Å². The Morgan fingerprint density at radius 3 is 2.45 bits per heavy atom. The third kappa shape index (κ3) is 2.82. The highest BCUT2D eigenvalue weighted by Gasteiger charge is 2.18. The summed E-state index contributed by atoms with van der Waals surface area (Å²) in [5, 5.41) is 3.26. The van der Waals surface area contributed by atoms with Crippen LogP contribution in [0.3, 0.4) is 0 Å². The Morgan fingerprint density at radius 2 is 1.91 bits per heavy atom. The van der Waals surface area contributed by atoms with Gasteiger partial charge in [-0.15, -0.1) is 0 Å². The molecular formula is C10H21N. The summed E-state index contributed by atoms with van der Waals surface area (Å²) in [4.78, 5) is 0. The minimum absolute atomic E-state index is 0.889. The van der Waals surface area contributed by atoms with E-state index in [1.165, 1.54) is 38.6 Å². The largest absolute Gasteiger partial charge is 0.319 e. The molecule has 0 unspecified atom stereocenters. The molecule has 0 aromatic rings. The van der Waals surface area contributed by atoms with E-state index in [0.717, 1.165) is 11.8 Å². The normalized spacial score (nSPS) is 23.5. The molecule has 1 rings (SSSR count). The Morgan fingerprint density at radius 1 is 1.27 bits per heavy atom. The Hall–Kier alpha value is -0.0400. The van der Waals surface area contributed by atoms with E-state index in [1.54, 1.807) is 0 Å². The van der Waals surface area contributed by atoms with Crippen LogP contribution >= 0.6 is 0 Å². The van der Waals surface area contributed by atoms with Gasteiger partial charge in [-0.05, 0) is 25.4 Å². The monoisotopic (exact) mass is 155 g/mol. The SMILES string of the molecule is CNC[C@H](C)C1CCCCC1. The highest BCUT2D eigenvalue weighted by Crippen LogP contribution is 2.29. The fourth-order valence-electron chi connectivity index (χ4n) is 2.19. The number of rotatable bonds is 3. The number of hydrogen-bond donors (Lipinski definition) is 1. The first-order valence-electron chi connectivity index (χ1n) is 4.99. The standard InChI is InChI=1S/C10H21N/c1-9(8-11-2)10-6-4-3-5-7-10/h9-11H,3-8H2,1-2H3/t9-/m0/s1. The summed E-state index contributed by atoms with van der Waals surface area (Å²) < 4.78 is 0. The topological polar surface area (TPSA) is 12.0 Å². The van der Waals surface area contributed by atoms with Gasteiger partial charge in [0.05, 0.1) is 0 Å². The molecular weight excluding hydrogens is 134 g/mol. The van der Waals surface area contributed by atoms with E-state index in [1.807, 2.05) is 0 Å². The smallest absolute Gasteiger partial charge is 0.00235 e. The first-order valence-corrected chi connectivity index (χ1v) is 4.99. The molecule has 0 aromatic carbocycles. The van der Waals surface area contributed by atoms with Gasteiger partial charge in [0.25, 0.3) is 0 Å². The van der Waals surface area contributed by atoms with Crippen LogP contribution < -0.4 is 5.32 Å². The summed E-state index contributed by atoms with van der Waals surface area (Å²) >= 11 is 0. The van der Waals surface area contributed by atoms with Gasteiger partial charge in [0.1, 0.15) is 0 Å². The molecule has 1 nitrogen and oxygen atoms in total. The van der Waals surface area contributed by atoms with Crippen LogP contribution in [0.5, 0.6) is 0 Å². The van der Waals surface area contributed by atoms with E-state index in [2.05, 4.69) is 19.3 Å². The second-order valence-electron chi connectivity index (χ2n) is 3.93. The van der Waals surface area contributed by atoms with Gasteiger partial charge >= 0.3 is 0 Å². The van der Waals surface area contributed by atoms with Crippen molar-refractivity contribution in [2.45, 2.75) is 39.0 Å². The Balaban J connectivity index is 2.21. The van der Waals surface area contributed by atoms with Crippen LogP contribution in [0, 0.1) is 11.8 Å². The minimum atomic E-state index is 0.889. The maximum Gasteiger partial charge on any atom is -0.00235 e. The molecule has 66 valence electrons. The highest BCUT2D eigenvalue weighted by atomic mass is 14.8. The average molecular weight is 155 g/mol. The van der Waals surface area contributed by atoms with Crippen molar-refractivity contribution in [2.75, 3.05) is 13.6 Å². The second-order valence-corrected chi connectivity index (χ2v) is 3.93. The van der Waals surface area contributed by atoms with E-state index in [-0.39, 0.29) is 0 Å². The van der Waals surface area contributed by atoms with E-state index < -0.39 is 0 Å². The second kappa shape index (κ2) is 4.76. The molecule has 1 aliphatic rings. The zero-order chi connectivity index (χ0) is 8.10. The van der Waals surface area contributed by atoms with E-state index in [9.17, 15) is 0 Å². The van der Waals surface area contributed by atoms with Crippen molar-refractivity contribution in [2.24, 2.45) is 11.8 Å². The van der Waals surface area contributed by atoms with Crippen LogP contribution in [-0.2, 0) is 0 Å². The zero-order valence-electron chi connectivity index (χ0n) is 7.90. The summed E-state index contributed by atoms with van der Waals surface area (Å²) in [5.41, 5.74) is 0. The quantitative estimate of drug-likeness (QED) is 0.660. The highest BCUT2D eigenvalue weighted by molar-refractivity contribution is 4.71. The van der Waals surface area contributed by atoms with Crippen LogP contribution in [0.1, 0.15) is 39.0 Å². The van der Waals surface area contributed by atoms with Crippen molar-refractivity contribution < 1.29 is 0 Å². The Labute approximate surface area is 70.6 Å². The molecule has 11 heavy (non-hydrogen) atoms. The van der Waals surface area contributed by atoms with Gasteiger partial charge in [-0.1, -0.05) is 39.0 Å². The van der Waals surface area contributed by atoms with Gasteiger partial charge in [-0.3, -0.25) is 0 Å². The minimum Gasteiger partial charge on any atom is -0.319 e. The third-order valence-electron chi connectivity index (χ3n) is 2.98. The molecule has 1 saturated carbocycles. The molecule has 1 aliphatic carbocycles. The molecule has 0 radical (unpaired) electrons. The van der Waals surface area contributed by atoms with Crippen molar-refractivity contribution in [1.29, 1.82) is 0 Å². The van der Waals surface area contributed by atoms with Crippen LogP contribution in [0.25, 0.3) is 0 Å². The van der Waals surface area contributed by atoms with Crippen LogP contribution in [0.15, 0.2) is 0 Å². The van der Waals surface area contributed by atoms with Gasteiger partial charge < -0.3 is 5.32 Å². The lowest BCUT2D eigenvalue weighted by Crippen LogP contribution is -2.25. The summed E-state index contributed by atoms with van der Waals surface area (Å²) in [6.07, 6.45) is 7.37. The summed E-state index contributed by atoms with van der Waals surface area (Å²) in [6.45, 7) is 3.58. The molecule has 0 saturated heterocycles. The van der Waals surface area contributed by atoms with Crippen LogP contribution in [0.4, 0.5) is 0 Å².